The highest BCUT2D eigenvalue weighted by Gasteiger charge is 2.02. The molecule has 0 fully saturated rings. The number of fused-ring (bicyclic) bond motifs is 1. The first-order chi connectivity index (χ1) is 8.85. The van der Waals surface area contributed by atoms with E-state index in [-0.39, 0.29) is 0 Å². The van der Waals surface area contributed by atoms with Gasteiger partial charge in [0.05, 0.1) is 7.11 Å². The molecule has 0 spiro atoms. The van der Waals surface area contributed by atoms with Crippen molar-refractivity contribution in [2.75, 3.05) is 13.7 Å². The van der Waals surface area contributed by atoms with Crippen LogP contribution in [0.3, 0.4) is 0 Å². The lowest BCUT2D eigenvalue weighted by Gasteiger charge is -2.06. The maximum absolute atomic E-state index is 5.49. The molecule has 0 aliphatic heterocycles. The van der Waals surface area contributed by atoms with E-state index in [9.17, 15) is 0 Å². The fraction of sp³-hybridized carbons (Fsp3) is 0.467. The molecule has 1 heterocycles. The zero-order valence-corrected chi connectivity index (χ0v) is 11.1. The number of aromatic nitrogens is 1. The monoisotopic (exact) mass is 246 g/mol. The van der Waals surface area contributed by atoms with Gasteiger partial charge in [-0.15, -0.1) is 0 Å². The average Bonchev–Trinajstić information content (AvgIpc) is 2.81. The molecule has 0 saturated carbocycles. The third-order valence-corrected chi connectivity index (χ3v) is 3.33. The number of nitrogens with zero attached hydrogens (tertiary/aromatic N) is 1. The van der Waals surface area contributed by atoms with Gasteiger partial charge in [0.2, 0.25) is 0 Å². The maximum atomic E-state index is 5.49. The van der Waals surface area contributed by atoms with Crippen molar-refractivity contribution in [1.82, 2.24) is 4.57 Å². The van der Waals surface area contributed by atoms with E-state index >= 15 is 0 Å². The molecule has 0 bridgehead atoms. The average molecular weight is 246 g/mol. The Morgan fingerprint density at radius 3 is 2.72 bits per heavy atom. The van der Waals surface area contributed by atoms with Crippen molar-refractivity contribution in [3.8, 4) is 5.75 Å². The summed E-state index contributed by atoms with van der Waals surface area (Å²) in [4.78, 5) is 0. The molecule has 2 rings (SSSR count). The van der Waals surface area contributed by atoms with Gasteiger partial charge in [-0.1, -0.05) is 12.8 Å². The zero-order chi connectivity index (χ0) is 12.8. The van der Waals surface area contributed by atoms with Gasteiger partial charge in [-0.25, -0.2) is 0 Å². The molecule has 0 unspecified atom stereocenters. The predicted octanol–water partition coefficient (Wildman–Crippen LogP) is 3.17. The smallest absolute Gasteiger partial charge is 0.119 e. The van der Waals surface area contributed by atoms with Gasteiger partial charge in [0, 0.05) is 23.6 Å². The quantitative estimate of drug-likeness (QED) is 0.762. The van der Waals surface area contributed by atoms with E-state index in [2.05, 4.69) is 29.0 Å². The number of hydrogen-bond donors (Lipinski definition) is 1. The van der Waals surface area contributed by atoms with Crippen molar-refractivity contribution >= 4 is 10.9 Å². The molecule has 0 aliphatic carbocycles. The minimum absolute atomic E-state index is 0.812. The van der Waals surface area contributed by atoms with E-state index < -0.39 is 0 Å². The molecule has 1 aromatic heterocycles. The lowest BCUT2D eigenvalue weighted by atomic mass is 10.2. The van der Waals surface area contributed by atoms with Gasteiger partial charge in [-0.3, -0.25) is 0 Å². The van der Waals surface area contributed by atoms with Gasteiger partial charge in [-0.2, -0.15) is 0 Å². The summed E-state index contributed by atoms with van der Waals surface area (Å²) >= 11 is 0. The zero-order valence-electron chi connectivity index (χ0n) is 11.1. The number of hydrogen-bond acceptors (Lipinski definition) is 2. The van der Waals surface area contributed by atoms with Crippen LogP contribution in [-0.4, -0.2) is 18.2 Å². The maximum Gasteiger partial charge on any atom is 0.119 e. The molecule has 98 valence electrons. The fourth-order valence-corrected chi connectivity index (χ4v) is 2.28. The van der Waals surface area contributed by atoms with Crippen molar-refractivity contribution in [2.45, 2.75) is 32.2 Å². The number of ether oxygens (including phenoxy) is 1. The molecule has 0 aliphatic rings. The van der Waals surface area contributed by atoms with Crippen molar-refractivity contribution in [2.24, 2.45) is 5.73 Å². The third-order valence-electron chi connectivity index (χ3n) is 3.33. The van der Waals surface area contributed by atoms with Crippen LogP contribution in [0, 0.1) is 0 Å². The van der Waals surface area contributed by atoms with Gasteiger partial charge in [-0.05, 0) is 43.7 Å². The van der Waals surface area contributed by atoms with Gasteiger partial charge < -0.3 is 15.0 Å². The molecule has 0 amide bonds. The molecule has 0 radical (unpaired) electrons. The molecular weight excluding hydrogens is 224 g/mol. The molecule has 1 aromatic carbocycles. The summed E-state index contributed by atoms with van der Waals surface area (Å²) in [7, 11) is 1.70. The highest BCUT2D eigenvalue weighted by Crippen LogP contribution is 2.22. The minimum Gasteiger partial charge on any atom is -0.497 e. The largest absolute Gasteiger partial charge is 0.497 e. The highest BCUT2D eigenvalue weighted by atomic mass is 16.5. The summed E-state index contributed by atoms with van der Waals surface area (Å²) in [5.41, 5.74) is 6.78. The van der Waals surface area contributed by atoms with Gasteiger partial charge in [0.15, 0.2) is 0 Å². The second-order valence-electron chi connectivity index (χ2n) is 4.64. The molecule has 0 atom stereocenters. The first-order valence-electron chi connectivity index (χ1n) is 6.68. The van der Waals surface area contributed by atoms with Crippen LogP contribution >= 0.6 is 0 Å². The Hall–Kier alpha value is -1.48. The Morgan fingerprint density at radius 2 is 1.94 bits per heavy atom. The van der Waals surface area contributed by atoms with E-state index in [0.29, 0.717) is 0 Å². The van der Waals surface area contributed by atoms with Crippen LogP contribution in [-0.2, 0) is 6.54 Å². The number of nitrogens with two attached hydrogens (primary N) is 1. The van der Waals surface area contributed by atoms with Crippen LogP contribution in [0.15, 0.2) is 30.5 Å². The Morgan fingerprint density at radius 1 is 1.11 bits per heavy atom. The summed E-state index contributed by atoms with van der Waals surface area (Å²) in [5.74, 6) is 0.920. The van der Waals surface area contributed by atoms with Crippen molar-refractivity contribution in [1.29, 1.82) is 0 Å². The van der Waals surface area contributed by atoms with Crippen molar-refractivity contribution in [3.63, 3.8) is 0 Å². The Balaban J connectivity index is 1.97. The van der Waals surface area contributed by atoms with E-state index in [1.807, 2.05) is 6.07 Å². The van der Waals surface area contributed by atoms with Gasteiger partial charge in [0.25, 0.3) is 0 Å². The topological polar surface area (TPSA) is 40.2 Å². The molecular formula is C15H22N2O. The van der Waals surface area contributed by atoms with E-state index in [1.165, 1.54) is 30.2 Å². The summed E-state index contributed by atoms with van der Waals surface area (Å²) in [5, 5.41) is 1.25. The first kappa shape index (κ1) is 13.0. The van der Waals surface area contributed by atoms with Crippen LogP contribution in [0.2, 0.25) is 0 Å². The SMILES string of the molecule is COc1ccc2c(ccn2CCCCCCN)c1. The van der Waals surface area contributed by atoms with Crippen LogP contribution in [0.25, 0.3) is 10.9 Å². The summed E-state index contributed by atoms with van der Waals surface area (Å²) in [6.45, 7) is 1.90. The number of aryl methyl sites for hydroxylation is 1. The molecule has 3 heteroatoms. The van der Waals surface area contributed by atoms with E-state index in [4.69, 9.17) is 10.5 Å². The molecule has 0 saturated heterocycles. The molecule has 2 N–H and O–H groups in total. The van der Waals surface area contributed by atoms with Crippen LogP contribution < -0.4 is 10.5 Å². The molecule has 2 aromatic rings. The number of methoxy groups -OCH3 is 1. The van der Waals surface area contributed by atoms with E-state index in [1.54, 1.807) is 7.11 Å². The molecule has 18 heavy (non-hydrogen) atoms. The van der Waals surface area contributed by atoms with Gasteiger partial charge in [0.1, 0.15) is 5.75 Å². The Labute approximate surface area is 109 Å². The van der Waals surface area contributed by atoms with Crippen molar-refractivity contribution < 1.29 is 4.74 Å². The lowest BCUT2D eigenvalue weighted by Crippen LogP contribution is -1.99. The fourth-order valence-electron chi connectivity index (χ4n) is 2.28. The Bertz CT molecular complexity index is 490. The standard InChI is InChI=1S/C15H22N2O/c1-18-14-6-7-15-13(12-14)8-11-17(15)10-5-3-2-4-9-16/h6-8,11-12H,2-5,9-10,16H2,1H3. The number of unbranched alkanes of at least 4 members (excludes halogenated alkanes) is 3. The predicted molar refractivity (Wildman–Crippen MR) is 76.0 cm³/mol. The van der Waals surface area contributed by atoms with Gasteiger partial charge >= 0.3 is 0 Å². The molecule has 3 nitrogen and oxygen atoms in total. The normalized spacial score (nSPS) is 11.0. The van der Waals surface area contributed by atoms with Crippen molar-refractivity contribution in [3.05, 3.63) is 30.5 Å². The highest BCUT2D eigenvalue weighted by molar-refractivity contribution is 5.81. The summed E-state index contributed by atoms with van der Waals surface area (Å²) in [6.07, 6.45) is 7.02. The minimum atomic E-state index is 0.812. The first-order valence-corrected chi connectivity index (χ1v) is 6.68. The second kappa shape index (κ2) is 6.45. The van der Waals surface area contributed by atoms with Crippen LogP contribution in [0.5, 0.6) is 5.75 Å². The van der Waals surface area contributed by atoms with E-state index in [0.717, 1.165) is 25.3 Å². The van der Waals surface area contributed by atoms with Crippen LogP contribution in [0.1, 0.15) is 25.7 Å². The van der Waals surface area contributed by atoms with Crippen LogP contribution in [0.4, 0.5) is 0 Å². The lowest BCUT2D eigenvalue weighted by molar-refractivity contribution is 0.415. The second-order valence-corrected chi connectivity index (χ2v) is 4.64. The summed E-state index contributed by atoms with van der Waals surface area (Å²) < 4.78 is 7.55. The number of benzene rings is 1. The third kappa shape index (κ3) is 3.05. The Kier molecular flexibility index (Phi) is 4.65. The number of rotatable bonds is 7. The summed E-state index contributed by atoms with van der Waals surface area (Å²) in [6, 6.07) is 8.39.